The number of rotatable bonds is 4. The molecule has 4 rings (SSSR count). The van der Waals surface area contributed by atoms with Gasteiger partial charge in [0.2, 0.25) is 11.7 Å². The van der Waals surface area contributed by atoms with Gasteiger partial charge in [0.25, 0.3) is 5.91 Å². The lowest BCUT2D eigenvalue weighted by Gasteiger charge is -2.22. The number of carbonyl (C=O) groups is 2. The van der Waals surface area contributed by atoms with Crippen LogP contribution in [0.3, 0.4) is 0 Å². The highest BCUT2D eigenvalue weighted by Crippen LogP contribution is 2.28. The lowest BCUT2D eigenvalue weighted by atomic mass is 10.0. The Morgan fingerprint density at radius 3 is 2.93 bits per heavy atom. The van der Waals surface area contributed by atoms with Crippen LogP contribution in [-0.4, -0.2) is 32.6 Å². The summed E-state index contributed by atoms with van der Waals surface area (Å²) in [7, 11) is 0. The van der Waals surface area contributed by atoms with Crippen LogP contribution in [0.2, 0.25) is 0 Å². The molecule has 1 aromatic carbocycles. The number of nitrogens with zero attached hydrogens (tertiary/aromatic N) is 3. The molecule has 0 fully saturated rings. The Morgan fingerprint density at radius 1 is 1.31 bits per heavy atom. The summed E-state index contributed by atoms with van der Waals surface area (Å²) in [4.78, 5) is 29.5. The van der Waals surface area contributed by atoms with Gasteiger partial charge in [0, 0.05) is 12.5 Å². The van der Waals surface area contributed by atoms with Crippen LogP contribution in [0.5, 0.6) is 0 Å². The summed E-state index contributed by atoms with van der Waals surface area (Å²) in [6.45, 7) is 2.11. The second-order valence-corrected chi connectivity index (χ2v) is 7.61. The summed E-state index contributed by atoms with van der Waals surface area (Å²) >= 11 is 0. The standard InChI is InChI=1S/C20H23F2N5O2/c1-2-4-13-5-3-6-16-24-18(26-27(13)16)20(29)23-15-8-7-11-9-12(21)10-14(22)17(11)25-19(15)28/h9-10,13,15H,2-8H2,1H3,(H,23,29)(H,25,28). The van der Waals surface area contributed by atoms with E-state index in [1.807, 2.05) is 4.68 Å². The van der Waals surface area contributed by atoms with Gasteiger partial charge in [-0.1, -0.05) is 13.3 Å². The molecule has 7 nitrogen and oxygen atoms in total. The fourth-order valence-electron chi connectivity index (χ4n) is 4.10. The van der Waals surface area contributed by atoms with Crippen LogP contribution in [0, 0.1) is 11.6 Å². The lowest BCUT2D eigenvalue weighted by molar-refractivity contribution is -0.118. The number of aromatic nitrogens is 3. The van der Waals surface area contributed by atoms with Gasteiger partial charge in [0.1, 0.15) is 23.5 Å². The number of hydrogen-bond donors (Lipinski definition) is 2. The second-order valence-electron chi connectivity index (χ2n) is 7.61. The molecule has 2 unspecified atom stereocenters. The highest BCUT2D eigenvalue weighted by Gasteiger charge is 2.30. The number of anilines is 1. The number of amides is 2. The maximum atomic E-state index is 14.0. The Morgan fingerprint density at radius 2 is 2.14 bits per heavy atom. The molecule has 2 atom stereocenters. The minimum atomic E-state index is -0.885. The lowest BCUT2D eigenvalue weighted by Crippen LogP contribution is -2.43. The molecule has 29 heavy (non-hydrogen) atoms. The molecule has 2 amide bonds. The molecular weight excluding hydrogens is 380 g/mol. The molecule has 2 aliphatic rings. The smallest absolute Gasteiger partial charge is 0.291 e. The fourth-order valence-corrected chi connectivity index (χ4v) is 4.10. The molecular formula is C20H23F2N5O2. The van der Waals surface area contributed by atoms with Crippen molar-refractivity contribution in [2.45, 2.75) is 64.0 Å². The summed E-state index contributed by atoms with van der Waals surface area (Å²) in [5.74, 6) is -1.79. The summed E-state index contributed by atoms with van der Waals surface area (Å²) in [6, 6.07) is 1.28. The average molecular weight is 403 g/mol. The normalized spacial score (nSPS) is 21.0. The number of nitrogens with one attached hydrogen (secondary N) is 2. The predicted octanol–water partition coefficient (Wildman–Crippen LogP) is 2.92. The molecule has 3 heterocycles. The minimum Gasteiger partial charge on any atom is -0.337 e. The molecule has 154 valence electrons. The van der Waals surface area contributed by atoms with E-state index >= 15 is 0 Å². The van der Waals surface area contributed by atoms with E-state index in [1.54, 1.807) is 0 Å². The zero-order valence-corrected chi connectivity index (χ0v) is 16.2. The van der Waals surface area contributed by atoms with E-state index in [0.717, 1.165) is 44.0 Å². The summed E-state index contributed by atoms with van der Waals surface area (Å²) in [6.07, 6.45) is 5.25. The fraction of sp³-hybridized carbons (Fsp3) is 0.500. The predicted molar refractivity (Wildman–Crippen MR) is 101 cm³/mol. The van der Waals surface area contributed by atoms with Gasteiger partial charge in [-0.2, -0.15) is 0 Å². The molecule has 2 aliphatic heterocycles. The van der Waals surface area contributed by atoms with Gasteiger partial charge in [-0.3, -0.25) is 9.59 Å². The monoisotopic (exact) mass is 403 g/mol. The molecule has 0 aliphatic carbocycles. The zero-order chi connectivity index (χ0) is 20.5. The van der Waals surface area contributed by atoms with E-state index in [2.05, 4.69) is 27.6 Å². The van der Waals surface area contributed by atoms with Crippen LogP contribution in [0.15, 0.2) is 12.1 Å². The van der Waals surface area contributed by atoms with Crippen LogP contribution >= 0.6 is 0 Å². The number of aryl methyl sites for hydroxylation is 2. The largest absolute Gasteiger partial charge is 0.337 e. The van der Waals surface area contributed by atoms with Gasteiger partial charge in [-0.25, -0.2) is 18.4 Å². The SMILES string of the molecule is CCCC1CCCc2nc(C(=O)NC3CCc4cc(F)cc(F)c4NC3=O)nn21. The molecule has 2 N–H and O–H groups in total. The van der Waals surface area contributed by atoms with Crippen molar-refractivity contribution in [1.82, 2.24) is 20.1 Å². The van der Waals surface area contributed by atoms with Crippen LogP contribution in [-0.2, 0) is 17.6 Å². The number of halogens is 2. The maximum absolute atomic E-state index is 14.0. The Hall–Kier alpha value is -2.84. The molecule has 0 saturated heterocycles. The average Bonchev–Trinajstić information content (AvgIpc) is 3.06. The highest BCUT2D eigenvalue weighted by atomic mass is 19.1. The first-order valence-electron chi connectivity index (χ1n) is 10.0. The molecule has 0 radical (unpaired) electrons. The molecule has 1 aromatic heterocycles. The van der Waals surface area contributed by atoms with Gasteiger partial charge in [0.05, 0.1) is 11.7 Å². The van der Waals surface area contributed by atoms with Gasteiger partial charge >= 0.3 is 0 Å². The zero-order valence-electron chi connectivity index (χ0n) is 16.2. The summed E-state index contributed by atoms with van der Waals surface area (Å²) in [5.41, 5.74) is 0.330. The Labute approximate surface area is 166 Å². The third-order valence-electron chi connectivity index (χ3n) is 5.52. The molecule has 0 spiro atoms. The second kappa shape index (κ2) is 7.88. The maximum Gasteiger partial charge on any atom is 0.291 e. The van der Waals surface area contributed by atoms with E-state index in [-0.39, 0.29) is 30.4 Å². The first kappa shape index (κ1) is 19.5. The third-order valence-corrected chi connectivity index (χ3v) is 5.52. The van der Waals surface area contributed by atoms with Crippen molar-refractivity contribution < 1.29 is 18.4 Å². The van der Waals surface area contributed by atoms with E-state index in [4.69, 9.17) is 0 Å². The number of benzene rings is 1. The third kappa shape index (κ3) is 3.86. The van der Waals surface area contributed by atoms with Crippen LogP contribution in [0.25, 0.3) is 0 Å². The molecule has 2 aromatic rings. The van der Waals surface area contributed by atoms with Crippen molar-refractivity contribution in [3.05, 3.63) is 41.0 Å². The topological polar surface area (TPSA) is 88.9 Å². The Kier molecular flexibility index (Phi) is 5.29. The first-order chi connectivity index (χ1) is 14.0. The minimum absolute atomic E-state index is 0.0360. The van der Waals surface area contributed by atoms with E-state index in [1.165, 1.54) is 6.07 Å². The molecule has 9 heteroatoms. The Balaban J connectivity index is 1.49. The Bertz CT molecular complexity index is 959. The van der Waals surface area contributed by atoms with Crippen molar-refractivity contribution >= 4 is 17.5 Å². The van der Waals surface area contributed by atoms with Crippen molar-refractivity contribution in [1.29, 1.82) is 0 Å². The van der Waals surface area contributed by atoms with Crippen molar-refractivity contribution in [3.63, 3.8) is 0 Å². The van der Waals surface area contributed by atoms with E-state index in [9.17, 15) is 18.4 Å². The molecule has 0 bridgehead atoms. The van der Waals surface area contributed by atoms with Crippen LogP contribution < -0.4 is 10.6 Å². The number of hydrogen-bond acceptors (Lipinski definition) is 4. The van der Waals surface area contributed by atoms with Crippen LogP contribution in [0.4, 0.5) is 14.5 Å². The van der Waals surface area contributed by atoms with Gasteiger partial charge in [-0.15, -0.1) is 5.10 Å². The number of fused-ring (bicyclic) bond motifs is 2. The molecule has 0 saturated carbocycles. The number of carbonyl (C=O) groups excluding carboxylic acids is 2. The van der Waals surface area contributed by atoms with Gasteiger partial charge in [0.15, 0.2) is 0 Å². The van der Waals surface area contributed by atoms with Gasteiger partial charge < -0.3 is 10.6 Å². The van der Waals surface area contributed by atoms with Crippen LogP contribution in [0.1, 0.15) is 67.1 Å². The summed E-state index contributed by atoms with van der Waals surface area (Å²) < 4.78 is 29.3. The summed E-state index contributed by atoms with van der Waals surface area (Å²) in [5, 5.41) is 9.48. The first-order valence-corrected chi connectivity index (χ1v) is 10.0. The quantitative estimate of drug-likeness (QED) is 0.822. The van der Waals surface area contributed by atoms with Crippen molar-refractivity contribution in [3.8, 4) is 0 Å². The highest BCUT2D eigenvalue weighted by molar-refractivity contribution is 6.00. The van der Waals surface area contributed by atoms with Gasteiger partial charge in [-0.05, 0) is 43.7 Å². The van der Waals surface area contributed by atoms with Crippen molar-refractivity contribution in [2.75, 3.05) is 5.32 Å². The van der Waals surface area contributed by atoms with Crippen molar-refractivity contribution in [2.24, 2.45) is 0 Å². The van der Waals surface area contributed by atoms with E-state index in [0.29, 0.717) is 5.56 Å². The van der Waals surface area contributed by atoms with E-state index < -0.39 is 29.5 Å².